The lowest BCUT2D eigenvalue weighted by Crippen LogP contribution is -2.30. The molecule has 0 spiro atoms. The van der Waals surface area contributed by atoms with Gasteiger partial charge in [-0.25, -0.2) is 9.13 Å². The monoisotopic (exact) mass is 1540 g/mol. The highest BCUT2D eigenvalue weighted by Crippen LogP contribution is 2.45. The zero-order valence-electron chi connectivity index (χ0n) is 68.9. The number of esters is 4. The Morgan fingerprint density at radius 1 is 0.267 bits per heavy atom. The second-order valence-corrected chi connectivity index (χ2v) is 34.1. The van der Waals surface area contributed by atoms with E-state index < -0.39 is 97.5 Å². The number of aliphatic hydroxyl groups excluding tert-OH is 1. The lowest BCUT2D eigenvalue weighted by atomic mass is 9.99. The third-order valence-electron chi connectivity index (χ3n) is 20.6. The molecule has 6 atom stereocenters. The largest absolute Gasteiger partial charge is 0.472 e. The van der Waals surface area contributed by atoms with Crippen LogP contribution in [0.5, 0.6) is 0 Å². The molecule has 0 rings (SSSR count). The summed E-state index contributed by atoms with van der Waals surface area (Å²) in [4.78, 5) is 73.2. The molecule has 0 aromatic carbocycles. The van der Waals surface area contributed by atoms with Gasteiger partial charge >= 0.3 is 39.5 Å². The number of hydrogen-bond acceptors (Lipinski definition) is 15. The smallest absolute Gasteiger partial charge is 0.462 e. The van der Waals surface area contributed by atoms with Gasteiger partial charge in [0, 0.05) is 25.7 Å². The molecule has 0 aromatic rings. The summed E-state index contributed by atoms with van der Waals surface area (Å²) in [5, 5.41) is 10.7. The van der Waals surface area contributed by atoms with Gasteiger partial charge < -0.3 is 33.8 Å². The number of rotatable bonds is 86. The minimum absolute atomic E-state index is 0.108. The number of carbonyl (C=O) groups excluding carboxylic acids is 4. The summed E-state index contributed by atoms with van der Waals surface area (Å²) in [6.07, 6.45) is 72.2. The summed E-state index contributed by atoms with van der Waals surface area (Å²) in [5.74, 6) is -1.32. The molecule has 624 valence electrons. The van der Waals surface area contributed by atoms with E-state index in [4.69, 9.17) is 37.0 Å². The summed E-state index contributed by atoms with van der Waals surface area (Å²) in [5.41, 5.74) is 0. The van der Waals surface area contributed by atoms with E-state index in [2.05, 4.69) is 34.6 Å². The van der Waals surface area contributed by atoms with Gasteiger partial charge in [0.25, 0.3) is 0 Å². The van der Waals surface area contributed by atoms with E-state index in [1.165, 1.54) is 289 Å². The predicted octanol–water partition coefficient (Wildman–Crippen LogP) is 26.4. The Hall–Kier alpha value is -1.94. The summed E-state index contributed by atoms with van der Waals surface area (Å²) < 4.78 is 68.9. The maximum absolute atomic E-state index is 13.1. The van der Waals surface area contributed by atoms with Crippen LogP contribution < -0.4 is 0 Å². The number of hydrogen-bond donors (Lipinski definition) is 3. The van der Waals surface area contributed by atoms with Crippen LogP contribution in [-0.2, 0) is 65.4 Å². The maximum atomic E-state index is 13.1. The first kappa shape index (κ1) is 103. The standard InChI is InChI=1S/C86H168O17P2/c1-6-10-13-16-19-22-25-28-31-33-34-35-36-37-38-41-44-47-50-57-62-67-72-85(90)102-81(75-96-83(88)69-64-59-54-48-45-42-40-32-29-26-23-20-17-14-11-7-2)77-100-104(92,93)98-73-80(87)74-99-105(94,95)101-78-82(76-97-84(89)70-65-60-55-52-51-53-58-63-68-79(5)9-4)103-86(91)71-66-61-56-49-46-43-39-30-27-24-21-18-15-12-8-3/h79-82,87H,6-78H2,1-5H3,(H,92,93)(H,94,95)/t79?,80-,81-,82-/m1/s1. The Kier molecular flexibility index (Phi) is 77.3. The second kappa shape index (κ2) is 78.7. The third-order valence-corrected chi connectivity index (χ3v) is 22.5. The number of phosphoric ester groups is 2. The molecule has 3 unspecified atom stereocenters. The van der Waals surface area contributed by atoms with Crippen molar-refractivity contribution < 1.29 is 80.2 Å². The van der Waals surface area contributed by atoms with Gasteiger partial charge in [-0.15, -0.1) is 0 Å². The molecule has 0 heterocycles. The Labute approximate surface area is 645 Å². The molecular weight excluding hydrogens is 1370 g/mol. The van der Waals surface area contributed by atoms with E-state index in [1.807, 2.05) is 0 Å². The highest BCUT2D eigenvalue weighted by atomic mass is 31.2. The Morgan fingerprint density at radius 2 is 0.457 bits per heavy atom. The SMILES string of the molecule is CCCCCCCCCCCCCCCCCCCCCCCCC(=O)O[C@H](COC(=O)CCCCCCCCCCCCCCCCCC)COP(=O)(O)OC[C@@H](O)COP(=O)(O)OC[C@@H](COC(=O)CCCCCCCCCCC(C)CC)OC(=O)CCCCCCCCCCCCCCCCC. The van der Waals surface area contributed by atoms with Crippen LogP contribution in [0.4, 0.5) is 0 Å². The zero-order valence-corrected chi connectivity index (χ0v) is 70.7. The van der Waals surface area contributed by atoms with Gasteiger partial charge in [-0.1, -0.05) is 413 Å². The van der Waals surface area contributed by atoms with E-state index in [-0.39, 0.29) is 25.7 Å². The number of unbranched alkanes of at least 4 members (excludes halogenated alkanes) is 57. The molecule has 19 heteroatoms. The minimum atomic E-state index is -4.97. The molecule has 105 heavy (non-hydrogen) atoms. The van der Waals surface area contributed by atoms with Crippen molar-refractivity contribution in [1.82, 2.24) is 0 Å². The van der Waals surface area contributed by atoms with Crippen LogP contribution in [-0.4, -0.2) is 96.7 Å². The van der Waals surface area contributed by atoms with Crippen LogP contribution in [0.3, 0.4) is 0 Å². The van der Waals surface area contributed by atoms with E-state index in [0.717, 1.165) is 95.8 Å². The van der Waals surface area contributed by atoms with Gasteiger partial charge in [0.05, 0.1) is 26.4 Å². The molecule has 0 fully saturated rings. The van der Waals surface area contributed by atoms with Crippen LogP contribution in [0.2, 0.25) is 0 Å². The molecule has 0 aliphatic carbocycles. The van der Waals surface area contributed by atoms with Gasteiger partial charge in [-0.3, -0.25) is 37.3 Å². The first-order chi connectivity index (χ1) is 51.1. The van der Waals surface area contributed by atoms with Crippen molar-refractivity contribution >= 4 is 39.5 Å². The fourth-order valence-electron chi connectivity index (χ4n) is 13.4. The van der Waals surface area contributed by atoms with Crippen molar-refractivity contribution in [2.24, 2.45) is 5.92 Å². The van der Waals surface area contributed by atoms with Crippen LogP contribution in [0.15, 0.2) is 0 Å². The fourth-order valence-corrected chi connectivity index (χ4v) is 15.0. The van der Waals surface area contributed by atoms with Crippen molar-refractivity contribution in [3.8, 4) is 0 Å². The van der Waals surface area contributed by atoms with Gasteiger partial charge in [0.2, 0.25) is 0 Å². The van der Waals surface area contributed by atoms with Crippen LogP contribution >= 0.6 is 15.6 Å². The van der Waals surface area contributed by atoms with E-state index >= 15 is 0 Å². The van der Waals surface area contributed by atoms with Crippen LogP contribution in [0.25, 0.3) is 0 Å². The topological polar surface area (TPSA) is 237 Å². The van der Waals surface area contributed by atoms with E-state index in [0.29, 0.717) is 25.7 Å². The quantitative estimate of drug-likeness (QED) is 0.0222. The van der Waals surface area contributed by atoms with Crippen LogP contribution in [0, 0.1) is 5.92 Å². The molecule has 0 saturated carbocycles. The molecule has 0 bridgehead atoms. The van der Waals surface area contributed by atoms with Crippen molar-refractivity contribution in [2.75, 3.05) is 39.6 Å². The Balaban J connectivity index is 5.24. The van der Waals surface area contributed by atoms with Gasteiger partial charge in [0.15, 0.2) is 12.2 Å². The first-order valence-corrected chi connectivity index (χ1v) is 47.7. The highest BCUT2D eigenvalue weighted by Gasteiger charge is 2.30. The first-order valence-electron chi connectivity index (χ1n) is 44.7. The molecule has 17 nitrogen and oxygen atoms in total. The van der Waals surface area contributed by atoms with Gasteiger partial charge in [0.1, 0.15) is 19.3 Å². The van der Waals surface area contributed by atoms with Crippen molar-refractivity contribution in [2.45, 2.75) is 483 Å². The summed E-state index contributed by atoms with van der Waals surface area (Å²) in [6, 6.07) is 0. The highest BCUT2D eigenvalue weighted by molar-refractivity contribution is 7.47. The summed E-state index contributed by atoms with van der Waals surface area (Å²) >= 11 is 0. The Morgan fingerprint density at radius 3 is 0.676 bits per heavy atom. The van der Waals surface area contributed by atoms with Crippen molar-refractivity contribution in [3.05, 3.63) is 0 Å². The average molecular weight is 1540 g/mol. The molecule has 0 amide bonds. The van der Waals surface area contributed by atoms with Crippen molar-refractivity contribution in [3.63, 3.8) is 0 Å². The number of ether oxygens (including phenoxy) is 4. The molecule has 0 aliphatic rings. The van der Waals surface area contributed by atoms with Crippen molar-refractivity contribution in [1.29, 1.82) is 0 Å². The predicted molar refractivity (Wildman–Crippen MR) is 432 cm³/mol. The molecule has 0 saturated heterocycles. The van der Waals surface area contributed by atoms with Crippen LogP contribution in [0.1, 0.15) is 465 Å². The lowest BCUT2D eigenvalue weighted by molar-refractivity contribution is -0.161. The van der Waals surface area contributed by atoms with Gasteiger partial charge in [-0.2, -0.15) is 0 Å². The third kappa shape index (κ3) is 78.5. The fraction of sp³-hybridized carbons (Fsp3) is 0.953. The zero-order chi connectivity index (χ0) is 76.9. The number of aliphatic hydroxyl groups is 1. The Bertz CT molecular complexity index is 2000. The molecular formula is C86H168O17P2. The summed E-state index contributed by atoms with van der Waals surface area (Å²) in [7, 11) is -9.93. The van der Waals surface area contributed by atoms with Gasteiger partial charge in [-0.05, 0) is 31.6 Å². The average Bonchev–Trinajstić information content (AvgIpc) is 0.934. The normalized spacial score (nSPS) is 14.0. The number of carbonyl (C=O) groups is 4. The minimum Gasteiger partial charge on any atom is -0.462 e. The number of phosphoric acid groups is 2. The van der Waals surface area contributed by atoms with E-state index in [1.54, 1.807) is 0 Å². The molecule has 0 radical (unpaired) electrons. The summed E-state index contributed by atoms with van der Waals surface area (Å²) in [6.45, 7) is 7.37. The second-order valence-electron chi connectivity index (χ2n) is 31.2. The maximum Gasteiger partial charge on any atom is 0.472 e. The molecule has 0 aliphatic heterocycles. The molecule has 3 N–H and O–H groups in total. The molecule has 0 aromatic heterocycles. The lowest BCUT2D eigenvalue weighted by Gasteiger charge is -2.21. The van der Waals surface area contributed by atoms with E-state index in [9.17, 15) is 43.2 Å².